The van der Waals surface area contributed by atoms with E-state index >= 15 is 0 Å². The molecule has 1 fully saturated rings. The molecule has 3 heteroatoms. The Kier molecular flexibility index (Phi) is 5.30. The summed E-state index contributed by atoms with van der Waals surface area (Å²) in [6.45, 7) is 4.62. The Hall–Kier alpha value is 0.137. The van der Waals surface area contributed by atoms with Crippen molar-refractivity contribution in [3.63, 3.8) is 0 Å². The van der Waals surface area contributed by atoms with Crippen molar-refractivity contribution in [1.82, 2.24) is 0 Å². The summed E-state index contributed by atoms with van der Waals surface area (Å²) in [6.07, 6.45) is 8.40. The van der Waals surface area contributed by atoms with Crippen molar-refractivity contribution in [2.75, 3.05) is 14.2 Å². The minimum atomic E-state index is -1.47. The molecule has 1 aliphatic carbocycles. The minimum Gasteiger partial charge on any atom is -0.400 e. The lowest BCUT2D eigenvalue weighted by molar-refractivity contribution is 0.221. The maximum atomic E-state index is 5.52. The molecule has 0 aromatic rings. The van der Waals surface area contributed by atoms with Gasteiger partial charge >= 0.3 is 9.28 Å². The first-order chi connectivity index (χ1) is 7.10. The molecular weight excluding hydrogens is 204 g/mol. The zero-order valence-electron chi connectivity index (χ0n) is 10.7. The van der Waals surface area contributed by atoms with Crippen LogP contribution in [0.4, 0.5) is 0 Å². The van der Waals surface area contributed by atoms with Crippen molar-refractivity contribution < 1.29 is 8.85 Å². The number of hydrogen-bond acceptors (Lipinski definition) is 2. The van der Waals surface area contributed by atoms with E-state index in [2.05, 4.69) is 13.8 Å². The summed E-state index contributed by atoms with van der Waals surface area (Å²) in [4.78, 5) is 0. The van der Waals surface area contributed by atoms with Gasteiger partial charge in [0.05, 0.1) is 0 Å². The molecule has 1 saturated carbocycles. The van der Waals surface area contributed by atoms with Gasteiger partial charge in [0.15, 0.2) is 0 Å². The van der Waals surface area contributed by atoms with Gasteiger partial charge in [-0.05, 0) is 12.3 Å². The Labute approximate surface area is 96.2 Å². The minimum absolute atomic E-state index is 0.269. The van der Waals surface area contributed by atoms with Gasteiger partial charge in [-0.25, -0.2) is 0 Å². The molecule has 0 heterocycles. The van der Waals surface area contributed by atoms with Gasteiger partial charge in [-0.2, -0.15) is 0 Å². The second kappa shape index (κ2) is 6.02. The molecule has 0 spiro atoms. The fourth-order valence-electron chi connectivity index (χ4n) is 2.97. The number of rotatable bonds is 5. The molecule has 0 amide bonds. The molecule has 0 atom stereocenters. The highest BCUT2D eigenvalue weighted by Crippen LogP contribution is 2.41. The first-order valence-corrected chi connectivity index (χ1v) is 7.68. The quantitative estimate of drug-likeness (QED) is 0.675. The summed E-state index contributed by atoms with van der Waals surface area (Å²) < 4.78 is 11.0. The normalized spacial score (nSPS) is 19.8. The second-order valence-electron chi connectivity index (χ2n) is 5.50. The third kappa shape index (κ3) is 3.89. The predicted molar refractivity (Wildman–Crippen MR) is 66.4 cm³/mol. The first kappa shape index (κ1) is 13.2. The van der Waals surface area contributed by atoms with Crippen LogP contribution >= 0.6 is 0 Å². The lowest BCUT2D eigenvalue weighted by Crippen LogP contribution is -2.34. The van der Waals surface area contributed by atoms with Crippen molar-refractivity contribution >= 4 is 9.28 Å². The third-order valence-corrected chi connectivity index (χ3v) is 5.97. The van der Waals surface area contributed by atoms with E-state index in [0.717, 1.165) is 5.92 Å². The standard InChI is InChI=1S/C12H26O2Si/c1-12(2,15(13-3)14-4)10-11-8-6-5-7-9-11/h11,15H,5-10H2,1-4H3. The Morgan fingerprint density at radius 1 is 1.07 bits per heavy atom. The largest absolute Gasteiger partial charge is 0.400 e. The van der Waals surface area contributed by atoms with Crippen LogP contribution in [-0.4, -0.2) is 23.5 Å². The van der Waals surface area contributed by atoms with E-state index in [4.69, 9.17) is 8.85 Å². The fourth-order valence-corrected chi connectivity index (χ4v) is 4.96. The Bertz CT molecular complexity index is 172. The van der Waals surface area contributed by atoms with E-state index in [-0.39, 0.29) is 5.04 Å². The van der Waals surface area contributed by atoms with E-state index in [1.165, 1.54) is 38.5 Å². The SMILES string of the molecule is CO[SiH](OC)C(C)(C)CC1CCCCC1. The second-order valence-corrected chi connectivity index (χ2v) is 8.67. The molecule has 1 aliphatic rings. The van der Waals surface area contributed by atoms with Crippen molar-refractivity contribution in [1.29, 1.82) is 0 Å². The molecule has 0 bridgehead atoms. The lowest BCUT2D eigenvalue weighted by atomic mass is 9.83. The van der Waals surface area contributed by atoms with Crippen LogP contribution in [0.3, 0.4) is 0 Å². The fraction of sp³-hybridized carbons (Fsp3) is 1.00. The van der Waals surface area contributed by atoms with Gasteiger partial charge in [0, 0.05) is 19.3 Å². The van der Waals surface area contributed by atoms with Crippen LogP contribution in [0, 0.1) is 5.92 Å². The molecule has 1 rings (SSSR count). The smallest absolute Gasteiger partial charge is 0.326 e. The Balaban J connectivity index is 2.45. The molecule has 0 N–H and O–H groups in total. The van der Waals surface area contributed by atoms with Crippen LogP contribution in [0.1, 0.15) is 52.4 Å². The number of hydrogen-bond donors (Lipinski definition) is 0. The summed E-state index contributed by atoms with van der Waals surface area (Å²) in [5, 5.41) is 0.269. The highest BCUT2D eigenvalue weighted by atomic mass is 28.3. The van der Waals surface area contributed by atoms with Crippen LogP contribution in [0.15, 0.2) is 0 Å². The van der Waals surface area contributed by atoms with E-state index in [9.17, 15) is 0 Å². The zero-order chi connectivity index (χ0) is 11.3. The molecular formula is C12H26O2Si. The highest BCUT2D eigenvalue weighted by molar-refractivity contribution is 6.48. The summed E-state index contributed by atoms with van der Waals surface area (Å²) in [5.74, 6) is 0.911. The molecule has 0 aromatic carbocycles. The molecule has 15 heavy (non-hydrogen) atoms. The first-order valence-electron chi connectivity index (χ1n) is 6.15. The highest BCUT2D eigenvalue weighted by Gasteiger charge is 2.35. The molecule has 0 aliphatic heterocycles. The van der Waals surface area contributed by atoms with E-state index < -0.39 is 9.28 Å². The summed E-state index contributed by atoms with van der Waals surface area (Å²) in [6, 6.07) is 0. The van der Waals surface area contributed by atoms with Crippen molar-refractivity contribution in [3.8, 4) is 0 Å². The van der Waals surface area contributed by atoms with Crippen molar-refractivity contribution in [2.24, 2.45) is 5.92 Å². The summed E-state index contributed by atoms with van der Waals surface area (Å²) >= 11 is 0. The average Bonchev–Trinajstić information content (AvgIpc) is 2.19. The van der Waals surface area contributed by atoms with Gasteiger partial charge in [0.2, 0.25) is 0 Å². The molecule has 0 radical (unpaired) electrons. The van der Waals surface area contributed by atoms with E-state index in [1.54, 1.807) is 14.2 Å². The van der Waals surface area contributed by atoms with Gasteiger partial charge in [0.25, 0.3) is 0 Å². The van der Waals surface area contributed by atoms with Crippen LogP contribution in [0.5, 0.6) is 0 Å². The van der Waals surface area contributed by atoms with Gasteiger partial charge in [-0.1, -0.05) is 46.0 Å². The molecule has 0 unspecified atom stereocenters. The van der Waals surface area contributed by atoms with Gasteiger partial charge < -0.3 is 8.85 Å². The molecule has 2 nitrogen and oxygen atoms in total. The molecule has 0 saturated heterocycles. The third-order valence-electron chi connectivity index (χ3n) is 3.61. The van der Waals surface area contributed by atoms with Gasteiger partial charge in [0.1, 0.15) is 0 Å². The monoisotopic (exact) mass is 230 g/mol. The molecule has 0 aromatic heterocycles. The van der Waals surface area contributed by atoms with E-state index in [0.29, 0.717) is 0 Å². The Morgan fingerprint density at radius 2 is 1.60 bits per heavy atom. The van der Waals surface area contributed by atoms with E-state index in [1.807, 2.05) is 0 Å². The Morgan fingerprint density at radius 3 is 2.07 bits per heavy atom. The summed E-state index contributed by atoms with van der Waals surface area (Å²) in [7, 11) is 2.12. The lowest BCUT2D eigenvalue weighted by Gasteiger charge is -2.34. The van der Waals surface area contributed by atoms with Crippen molar-refractivity contribution in [2.45, 2.75) is 57.4 Å². The molecule has 90 valence electrons. The predicted octanol–water partition coefficient (Wildman–Crippen LogP) is 3.25. The van der Waals surface area contributed by atoms with Crippen LogP contribution in [-0.2, 0) is 8.85 Å². The van der Waals surface area contributed by atoms with Crippen LogP contribution < -0.4 is 0 Å². The summed E-state index contributed by atoms with van der Waals surface area (Å²) in [5.41, 5.74) is 0. The topological polar surface area (TPSA) is 18.5 Å². The van der Waals surface area contributed by atoms with Crippen LogP contribution in [0.25, 0.3) is 0 Å². The van der Waals surface area contributed by atoms with Gasteiger partial charge in [-0.15, -0.1) is 0 Å². The van der Waals surface area contributed by atoms with Crippen molar-refractivity contribution in [3.05, 3.63) is 0 Å². The average molecular weight is 230 g/mol. The maximum absolute atomic E-state index is 5.52. The maximum Gasteiger partial charge on any atom is 0.326 e. The van der Waals surface area contributed by atoms with Crippen LogP contribution in [0.2, 0.25) is 5.04 Å². The zero-order valence-corrected chi connectivity index (χ0v) is 11.9. The van der Waals surface area contributed by atoms with Gasteiger partial charge in [-0.3, -0.25) is 0 Å².